The van der Waals surface area contributed by atoms with Crippen LogP contribution in [0.1, 0.15) is 18.1 Å². The molecule has 0 aromatic heterocycles. The van der Waals surface area contributed by atoms with E-state index in [1.165, 1.54) is 12.1 Å². The van der Waals surface area contributed by atoms with Gasteiger partial charge in [0.1, 0.15) is 11.9 Å². The summed E-state index contributed by atoms with van der Waals surface area (Å²) in [7, 11) is -2.36. The van der Waals surface area contributed by atoms with Gasteiger partial charge < -0.3 is 14.2 Å². The molecular weight excluding hydrogens is 404 g/mol. The van der Waals surface area contributed by atoms with Crippen LogP contribution in [-0.4, -0.2) is 34.8 Å². The number of aryl methyl sites for hydroxylation is 1. The van der Waals surface area contributed by atoms with Crippen LogP contribution in [0.3, 0.4) is 0 Å². The monoisotopic (exact) mass is 428 g/mol. The largest absolute Gasteiger partial charge is 0.497 e. The lowest BCUT2D eigenvalue weighted by atomic mass is 9.97. The van der Waals surface area contributed by atoms with E-state index < -0.39 is 22.0 Å². The van der Waals surface area contributed by atoms with Crippen LogP contribution in [0, 0.1) is 6.92 Å². The Hall–Kier alpha value is -2.45. The van der Waals surface area contributed by atoms with Crippen molar-refractivity contribution in [3.8, 4) is 5.75 Å². The maximum absolute atomic E-state index is 12.8. The Labute approximate surface area is 176 Å². The highest BCUT2D eigenvalue weighted by atomic mass is 32.2. The van der Waals surface area contributed by atoms with E-state index in [2.05, 4.69) is 0 Å². The van der Waals surface area contributed by atoms with Gasteiger partial charge in [-0.05, 0) is 55.0 Å². The van der Waals surface area contributed by atoms with Gasteiger partial charge in [0.25, 0.3) is 10.1 Å². The van der Waals surface area contributed by atoms with Gasteiger partial charge in [-0.15, -0.1) is 0 Å². The molecule has 0 saturated carbocycles. The van der Waals surface area contributed by atoms with Gasteiger partial charge >= 0.3 is 0 Å². The summed E-state index contributed by atoms with van der Waals surface area (Å²) >= 11 is 0. The SMILES string of the molecule is COc1ccc2cc(C3([C@H](C)OS(=O)(=O)c4ccc(C)cc4)OCCO3)ccc2c1. The fourth-order valence-electron chi connectivity index (χ4n) is 3.65. The lowest BCUT2D eigenvalue weighted by Crippen LogP contribution is -2.41. The molecule has 158 valence electrons. The fraction of sp³-hybridized carbons (Fsp3) is 0.304. The first-order valence-corrected chi connectivity index (χ1v) is 11.1. The van der Waals surface area contributed by atoms with Gasteiger partial charge in [0, 0.05) is 5.56 Å². The highest BCUT2D eigenvalue weighted by Gasteiger charge is 2.47. The van der Waals surface area contributed by atoms with E-state index >= 15 is 0 Å². The van der Waals surface area contributed by atoms with Gasteiger partial charge in [0.15, 0.2) is 0 Å². The Morgan fingerprint density at radius 1 is 0.933 bits per heavy atom. The number of hydrogen-bond acceptors (Lipinski definition) is 6. The van der Waals surface area contributed by atoms with Gasteiger partial charge in [0.2, 0.25) is 5.79 Å². The number of fused-ring (bicyclic) bond motifs is 1. The Morgan fingerprint density at radius 3 is 2.23 bits per heavy atom. The van der Waals surface area contributed by atoms with Crippen molar-refractivity contribution < 1.29 is 26.8 Å². The lowest BCUT2D eigenvalue weighted by molar-refractivity contribution is -0.216. The van der Waals surface area contributed by atoms with Gasteiger partial charge in [-0.3, -0.25) is 4.18 Å². The molecule has 3 aromatic rings. The molecule has 0 unspecified atom stereocenters. The molecule has 1 fully saturated rings. The molecule has 0 radical (unpaired) electrons. The van der Waals surface area contributed by atoms with E-state index in [0.29, 0.717) is 18.8 Å². The molecule has 30 heavy (non-hydrogen) atoms. The summed E-state index contributed by atoms with van der Waals surface area (Å²) < 4.78 is 48.4. The number of methoxy groups -OCH3 is 1. The Morgan fingerprint density at radius 2 is 1.57 bits per heavy atom. The third-order valence-electron chi connectivity index (χ3n) is 5.28. The van der Waals surface area contributed by atoms with Crippen molar-refractivity contribution in [1.29, 1.82) is 0 Å². The normalized spacial score (nSPS) is 17.2. The summed E-state index contributed by atoms with van der Waals surface area (Å²) in [4.78, 5) is 0.0960. The minimum atomic E-state index is -3.99. The average molecular weight is 429 g/mol. The van der Waals surface area contributed by atoms with E-state index in [1.807, 2.05) is 43.3 Å². The molecule has 0 amide bonds. The first-order chi connectivity index (χ1) is 14.3. The van der Waals surface area contributed by atoms with Crippen molar-refractivity contribution in [2.75, 3.05) is 20.3 Å². The molecule has 6 nitrogen and oxygen atoms in total. The summed E-state index contributed by atoms with van der Waals surface area (Å²) in [5, 5.41) is 1.95. The van der Waals surface area contributed by atoms with Crippen LogP contribution in [0.2, 0.25) is 0 Å². The van der Waals surface area contributed by atoms with Crippen LogP contribution >= 0.6 is 0 Å². The van der Waals surface area contributed by atoms with Crippen LogP contribution in [0.15, 0.2) is 65.6 Å². The maximum atomic E-state index is 12.8. The van der Waals surface area contributed by atoms with E-state index in [9.17, 15) is 8.42 Å². The second kappa shape index (κ2) is 8.00. The molecule has 4 rings (SSSR count). The third kappa shape index (κ3) is 3.81. The predicted molar refractivity (Wildman–Crippen MR) is 113 cm³/mol. The third-order valence-corrected chi connectivity index (χ3v) is 6.67. The maximum Gasteiger partial charge on any atom is 0.297 e. The molecule has 0 spiro atoms. The van der Waals surface area contributed by atoms with Crippen LogP contribution in [0.4, 0.5) is 0 Å². The smallest absolute Gasteiger partial charge is 0.297 e. The topological polar surface area (TPSA) is 71.1 Å². The van der Waals surface area contributed by atoms with Crippen LogP contribution < -0.4 is 4.74 Å². The van der Waals surface area contributed by atoms with Crippen LogP contribution in [-0.2, 0) is 29.6 Å². The number of hydrogen-bond donors (Lipinski definition) is 0. The van der Waals surface area contributed by atoms with Crippen LogP contribution in [0.25, 0.3) is 10.8 Å². The zero-order valence-corrected chi connectivity index (χ0v) is 17.9. The number of ether oxygens (including phenoxy) is 3. The van der Waals surface area contributed by atoms with Crippen molar-refractivity contribution in [2.24, 2.45) is 0 Å². The zero-order valence-electron chi connectivity index (χ0n) is 17.1. The van der Waals surface area contributed by atoms with Crippen molar-refractivity contribution >= 4 is 20.9 Å². The molecule has 1 aliphatic heterocycles. The predicted octanol–water partition coefficient (Wildman–Crippen LogP) is 4.15. The van der Waals surface area contributed by atoms with Gasteiger partial charge in [-0.2, -0.15) is 8.42 Å². The minimum absolute atomic E-state index is 0.0960. The summed E-state index contributed by atoms with van der Waals surface area (Å²) in [5.41, 5.74) is 1.66. The fourth-order valence-corrected chi connectivity index (χ4v) is 4.73. The van der Waals surface area contributed by atoms with Crippen molar-refractivity contribution in [1.82, 2.24) is 0 Å². The summed E-state index contributed by atoms with van der Waals surface area (Å²) in [6.45, 7) is 4.23. The van der Waals surface area contributed by atoms with Crippen molar-refractivity contribution in [2.45, 2.75) is 30.6 Å². The Balaban J connectivity index is 1.68. The zero-order chi connectivity index (χ0) is 21.4. The van der Waals surface area contributed by atoms with Crippen molar-refractivity contribution in [3.05, 3.63) is 71.8 Å². The Bertz CT molecular complexity index is 1150. The summed E-state index contributed by atoms with van der Waals surface area (Å²) in [6, 6.07) is 18.0. The average Bonchev–Trinajstić information content (AvgIpc) is 3.24. The minimum Gasteiger partial charge on any atom is -0.497 e. The first-order valence-electron chi connectivity index (χ1n) is 9.70. The molecule has 0 N–H and O–H groups in total. The van der Waals surface area contributed by atoms with Crippen molar-refractivity contribution in [3.63, 3.8) is 0 Å². The van der Waals surface area contributed by atoms with Gasteiger partial charge in [-0.25, -0.2) is 0 Å². The second-order valence-electron chi connectivity index (χ2n) is 7.30. The molecule has 0 aliphatic carbocycles. The van der Waals surface area contributed by atoms with E-state index in [1.54, 1.807) is 26.2 Å². The molecule has 1 aliphatic rings. The summed E-state index contributed by atoms with van der Waals surface area (Å²) in [5.74, 6) is -0.550. The number of rotatable bonds is 6. The molecule has 1 atom stereocenters. The highest BCUT2D eigenvalue weighted by Crippen LogP contribution is 2.39. The van der Waals surface area contributed by atoms with Gasteiger partial charge in [0.05, 0.1) is 25.2 Å². The highest BCUT2D eigenvalue weighted by molar-refractivity contribution is 7.86. The quantitative estimate of drug-likeness (QED) is 0.550. The lowest BCUT2D eigenvalue weighted by Gasteiger charge is -2.33. The van der Waals surface area contributed by atoms with E-state index in [0.717, 1.165) is 22.1 Å². The summed E-state index contributed by atoms with van der Waals surface area (Å²) in [6.07, 6.45) is -0.901. The second-order valence-corrected chi connectivity index (χ2v) is 8.87. The molecule has 1 saturated heterocycles. The molecule has 0 bridgehead atoms. The van der Waals surface area contributed by atoms with Crippen LogP contribution in [0.5, 0.6) is 5.75 Å². The first kappa shape index (κ1) is 20.8. The number of benzene rings is 3. The molecule has 3 aromatic carbocycles. The molecule has 7 heteroatoms. The van der Waals surface area contributed by atoms with Gasteiger partial charge in [-0.1, -0.05) is 35.9 Å². The van der Waals surface area contributed by atoms with E-state index in [4.69, 9.17) is 18.4 Å². The molecule has 1 heterocycles. The Kier molecular flexibility index (Phi) is 5.55. The standard InChI is InChI=1S/C23H24O6S/c1-16-4-10-22(11-5-16)30(24,25)29-17(2)23(27-12-13-28-23)20-8-6-19-15-21(26-3)9-7-18(19)14-20/h4-11,14-15,17H,12-13H2,1-3H3/t17-/m0/s1. The van der Waals surface area contributed by atoms with E-state index in [-0.39, 0.29) is 4.90 Å². The molecular formula is C23H24O6S.